The SMILES string of the molecule is CCc1ccc(C(=O)N(N(SOc2ccccc2C(=O)OC)C(=O)c2cc(C)cc(C)c2)C(C)(C)C)cc1. The molecule has 0 atom stereocenters. The number of aryl methyl sites for hydroxylation is 3. The number of benzene rings is 3. The molecule has 0 aliphatic carbocycles. The lowest BCUT2D eigenvalue weighted by molar-refractivity contribution is -0.00183. The summed E-state index contributed by atoms with van der Waals surface area (Å²) in [5.74, 6) is -1.18. The van der Waals surface area contributed by atoms with Crippen LogP contribution in [0.25, 0.3) is 0 Å². The molecule has 7 nitrogen and oxygen atoms in total. The maximum Gasteiger partial charge on any atom is 0.341 e. The third-order valence-electron chi connectivity index (χ3n) is 5.75. The van der Waals surface area contributed by atoms with Gasteiger partial charge in [-0.25, -0.2) is 9.80 Å². The summed E-state index contributed by atoms with van der Waals surface area (Å²) in [7, 11) is 1.28. The number of amides is 2. The summed E-state index contributed by atoms with van der Waals surface area (Å²) in [6.07, 6.45) is 0.845. The smallest absolute Gasteiger partial charge is 0.341 e. The van der Waals surface area contributed by atoms with E-state index in [0.29, 0.717) is 23.4 Å². The van der Waals surface area contributed by atoms with Gasteiger partial charge in [0, 0.05) is 11.1 Å². The van der Waals surface area contributed by atoms with Gasteiger partial charge in [-0.15, -0.1) is 4.41 Å². The number of hydrazine groups is 1. The van der Waals surface area contributed by atoms with Gasteiger partial charge in [0.15, 0.2) is 5.75 Å². The van der Waals surface area contributed by atoms with E-state index in [2.05, 4.69) is 0 Å². The minimum Gasteiger partial charge on any atom is -0.465 e. The number of methoxy groups -OCH3 is 1. The van der Waals surface area contributed by atoms with Crippen LogP contribution < -0.4 is 4.18 Å². The number of carbonyl (C=O) groups excluding carboxylic acids is 3. The minimum absolute atomic E-state index is 0.199. The molecule has 2 amide bonds. The summed E-state index contributed by atoms with van der Waals surface area (Å²) in [5, 5.41) is 1.39. The van der Waals surface area contributed by atoms with E-state index in [9.17, 15) is 14.4 Å². The summed E-state index contributed by atoms with van der Waals surface area (Å²) in [6, 6.07) is 19.4. The molecule has 3 aromatic rings. The molecule has 0 unspecified atom stereocenters. The third kappa shape index (κ3) is 6.75. The van der Waals surface area contributed by atoms with Crippen molar-refractivity contribution in [2.45, 2.75) is 53.5 Å². The Morgan fingerprint density at radius 2 is 1.45 bits per heavy atom. The van der Waals surface area contributed by atoms with Gasteiger partial charge >= 0.3 is 5.97 Å². The molecule has 0 aliphatic heterocycles. The number of carbonyl (C=O) groups is 3. The van der Waals surface area contributed by atoms with Crippen LogP contribution in [0.4, 0.5) is 0 Å². The van der Waals surface area contributed by atoms with E-state index >= 15 is 0 Å². The zero-order valence-corrected chi connectivity index (χ0v) is 23.7. The van der Waals surface area contributed by atoms with E-state index in [1.54, 1.807) is 48.5 Å². The lowest BCUT2D eigenvalue weighted by Gasteiger charge is -2.41. The van der Waals surface area contributed by atoms with Crippen LogP contribution in [0.3, 0.4) is 0 Å². The number of nitrogens with zero attached hydrogens (tertiary/aromatic N) is 2. The summed E-state index contributed by atoms with van der Waals surface area (Å²) in [6.45, 7) is 11.4. The largest absolute Gasteiger partial charge is 0.465 e. The topological polar surface area (TPSA) is 76.2 Å². The van der Waals surface area contributed by atoms with Gasteiger partial charge in [0.1, 0.15) is 5.56 Å². The molecular formula is C30H34N2O5S. The van der Waals surface area contributed by atoms with Crippen molar-refractivity contribution in [3.05, 3.63) is 100 Å². The zero-order chi connectivity index (χ0) is 28.0. The van der Waals surface area contributed by atoms with Crippen molar-refractivity contribution in [3.63, 3.8) is 0 Å². The Morgan fingerprint density at radius 3 is 2.00 bits per heavy atom. The first kappa shape index (κ1) is 28.8. The molecule has 0 radical (unpaired) electrons. The van der Waals surface area contributed by atoms with Crippen molar-refractivity contribution in [2.24, 2.45) is 0 Å². The van der Waals surface area contributed by atoms with Crippen molar-refractivity contribution in [1.29, 1.82) is 0 Å². The monoisotopic (exact) mass is 534 g/mol. The van der Waals surface area contributed by atoms with E-state index in [4.69, 9.17) is 8.92 Å². The maximum atomic E-state index is 14.0. The van der Waals surface area contributed by atoms with Gasteiger partial charge in [-0.2, -0.15) is 0 Å². The fourth-order valence-corrected chi connectivity index (χ4v) is 4.78. The molecule has 3 aromatic carbocycles. The molecule has 8 heteroatoms. The lowest BCUT2D eigenvalue weighted by Crippen LogP contribution is -2.55. The van der Waals surface area contributed by atoms with Gasteiger partial charge in [0.2, 0.25) is 12.2 Å². The summed E-state index contributed by atoms with van der Waals surface area (Å²) in [4.78, 5) is 40.2. The van der Waals surface area contributed by atoms with Gasteiger partial charge in [-0.3, -0.25) is 9.59 Å². The van der Waals surface area contributed by atoms with Gasteiger partial charge in [-0.1, -0.05) is 48.4 Å². The van der Waals surface area contributed by atoms with Crippen LogP contribution in [0.5, 0.6) is 5.75 Å². The first-order valence-corrected chi connectivity index (χ1v) is 13.0. The van der Waals surface area contributed by atoms with E-state index in [1.165, 1.54) is 16.5 Å². The highest BCUT2D eigenvalue weighted by Gasteiger charge is 2.38. The fraction of sp³-hybridized carbons (Fsp3) is 0.300. The molecule has 0 saturated heterocycles. The van der Waals surface area contributed by atoms with Crippen LogP contribution in [0, 0.1) is 13.8 Å². The average Bonchev–Trinajstić information content (AvgIpc) is 2.88. The van der Waals surface area contributed by atoms with Crippen molar-refractivity contribution >= 4 is 30.0 Å². The second-order valence-electron chi connectivity index (χ2n) is 9.94. The molecular weight excluding hydrogens is 500 g/mol. The number of esters is 1. The zero-order valence-electron chi connectivity index (χ0n) is 22.9. The first-order valence-electron chi connectivity index (χ1n) is 12.3. The number of hydrogen-bond donors (Lipinski definition) is 0. The van der Waals surface area contributed by atoms with Gasteiger partial charge in [-0.05, 0) is 83.0 Å². The fourth-order valence-electron chi connectivity index (χ4n) is 3.92. The Balaban J connectivity index is 2.09. The summed E-state index contributed by atoms with van der Waals surface area (Å²) in [5.41, 5.74) is 3.16. The van der Waals surface area contributed by atoms with Crippen molar-refractivity contribution in [2.75, 3.05) is 7.11 Å². The molecule has 0 spiro atoms. The molecule has 0 heterocycles. The van der Waals surface area contributed by atoms with E-state index in [0.717, 1.165) is 23.1 Å². The number of hydrogen-bond acceptors (Lipinski definition) is 6. The minimum atomic E-state index is -0.812. The van der Waals surface area contributed by atoms with Gasteiger partial charge in [0.05, 0.1) is 12.6 Å². The number of ether oxygens (including phenoxy) is 1. The maximum absolute atomic E-state index is 14.0. The van der Waals surface area contributed by atoms with Crippen molar-refractivity contribution < 1.29 is 23.3 Å². The molecule has 3 rings (SSSR count). The van der Waals surface area contributed by atoms with Crippen LogP contribution in [-0.4, -0.2) is 39.9 Å². The molecule has 0 aliphatic rings. The normalized spacial score (nSPS) is 11.0. The van der Waals surface area contributed by atoms with Crippen LogP contribution in [-0.2, 0) is 11.2 Å². The van der Waals surface area contributed by atoms with Gasteiger partial charge < -0.3 is 8.92 Å². The van der Waals surface area contributed by atoms with Crippen LogP contribution in [0.1, 0.15) is 75.5 Å². The molecule has 0 saturated carbocycles. The first-order chi connectivity index (χ1) is 18.0. The third-order valence-corrected chi connectivity index (χ3v) is 6.48. The van der Waals surface area contributed by atoms with E-state index < -0.39 is 17.4 Å². The Kier molecular flexibility index (Phi) is 9.22. The highest BCUT2D eigenvalue weighted by atomic mass is 32.2. The summed E-state index contributed by atoms with van der Waals surface area (Å²) >= 11 is 0.678. The molecule has 200 valence electrons. The highest BCUT2D eigenvalue weighted by molar-refractivity contribution is 7.93. The van der Waals surface area contributed by atoms with E-state index in [-0.39, 0.29) is 17.2 Å². The Bertz CT molecular complexity index is 1290. The van der Waals surface area contributed by atoms with E-state index in [1.807, 2.05) is 59.7 Å². The number of rotatable bonds is 7. The second-order valence-corrected chi connectivity index (χ2v) is 10.6. The van der Waals surface area contributed by atoms with Crippen LogP contribution in [0.2, 0.25) is 0 Å². The predicted molar refractivity (Wildman–Crippen MR) is 150 cm³/mol. The molecule has 38 heavy (non-hydrogen) atoms. The lowest BCUT2D eigenvalue weighted by atomic mass is 10.0. The second kappa shape index (κ2) is 12.2. The molecule has 0 bridgehead atoms. The average molecular weight is 535 g/mol. The Morgan fingerprint density at radius 1 is 0.842 bits per heavy atom. The van der Waals surface area contributed by atoms with Crippen molar-refractivity contribution in [3.8, 4) is 5.75 Å². The van der Waals surface area contributed by atoms with Gasteiger partial charge in [0.25, 0.3) is 11.8 Å². The Labute approximate surface area is 229 Å². The quantitative estimate of drug-likeness (QED) is 0.147. The molecule has 0 N–H and O–H groups in total. The highest BCUT2D eigenvalue weighted by Crippen LogP contribution is 2.32. The Hall–Kier alpha value is -3.78. The van der Waals surface area contributed by atoms with Crippen molar-refractivity contribution in [1.82, 2.24) is 9.42 Å². The standard InChI is InChI=1S/C30H34N2O5S/c1-8-22-13-15-23(16-14-22)27(33)31(30(4,5)6)32(28(34)24-18-20(2)17-21(3)19-24)38-37-26-12-10-9-11-25(26)29(35)36-7/h9-19H,8H2,1-7H3. The molecule has 0 fully saturated rings. The summed E-state index contributed by atoms with van der Waals surface area (Å²) < 4.78 is 12.0. The van der Waals surface area contributed by atoms with Crippen LogP contribution >= 0.6 is 12.2 Å². The van der Waals surface area contributed by atoms with Crippen LogP contribution in [0.15, 0.2) is 66.7 Å². The molecule has 0 aromatic heterocycles. The number of para-hydroxylation sites is 1. The predicted octanol–water partition coefficient (Wildman–Crippen LogP) is 6.59.